The summed E-state index contributed by atoms with van der Waals surface area (Å²) in [6.07, 6.45) is 2.63. The summed E-state index contributed by atoms with van der Waals surface area (Å²) in [5, 5.41) is 4.83. The Morgan fingerprint density at radius 2 is 2.22 bits per heavy atom. The van der Waals surface area contributed by atoms with Gasteiger partial charge in [0, 0.05) is 25.7 Å². The van der Waals surface area contributed by atoms with Crippen LogP contribution in [0.5, 0.6) is 0 Å². The van der Waals surface area contributed by atoms with Crippen LogP contribution in [0.2, 0.25) is 10.2 Å². The molecule has 5 heteroatoms. The normalized spacial score (nSPS) is 28.3. The Morgan fingerprint density at radius 1 is 1.33 bits per heavy atom. The van der Waals surface area contributed by atoms with Crippen molar-refractivity contribution in [3.63, 3.8) is 0 Å². The number of fused-ring (bicyclic) bond motifs is 1. The maximum atomic E-state index is 6.16. The SMILES string of the molecule is Clc1ccc(Cl)c(CN2C[C@@H]3CCCN[C@@H]3C2)n1. The lowest BCUT2D eigenvalue weighted by Crippen LogP contribution is -2.40. The van der Waals surface area contributed by atoms with Gasteiger partial charge in [-0.25, -0.2) is 4.98 Å². The molecular weight excluding hydrogens is 269 g/mol. The van der Waals surface area contributed by atoms with E-state index in [1.54, 1.807) is 6.07 Å². The lowest BCUT2D eigenvalue weighted by atomic mass is 9.94. The molecule has 1 aromatic rings. The van der Waals surface area contributed by atoms with Gasteiger partial charge in [-0.3, -0.25) is 4.90 Å². The van der Waals surface area contributed by atoms with Crippen molar-refractivity contribution in [1.82, 2.24) is 15.2 Å². The molecule has 18 heavy (non-hydrogen) atoms. The molecule has 98 valence electrons. The van der Waals surface area contributed by atoms with Gasteiger partial charge in [0.2, 0.25) is 0 Å². The average Bonchev–Trinajstić information content (AvgIpc) is 2.76. The number of nitrogens with zero attached hydrogens (tertiary/aromatic N) is 2. The van der Waals surface area contributed by atoms with E-state index in [0.717, 1.165) is 37.8 Å². The first kappa shape index (κ1) is 12.7. The van der Waals surface area contributed by atoms with Crippen molar-refractivity contribution in [2.75, 3.05) is 19.6 Å². The Morgan fingerprint density at radius 3 is 3.06 bits per heavy atom. The molecule has 2 fully saturated rings. The highest BCUT2D eigenvalue weighted by Crippen LogP contribution is 2.27. The van der Waals surface area contributed by atoms with Gasteiger partial charge in [0.25, 0.3) is 0 Å². The third-order valence-electron chi connectivity index (χ3n) is 3.93. The molecule has 3 rings (SSSR count). The molecule has 3 heterocycles. The highest BCUT2D eigenvalue weighted by atomic mass is 35.5. The van der Waals surface area contributed by atoms with Crippen LogP contribution in [0.1, 0.15) is 18.5 Å². The summed E-state index contributed by atoms with van der Waals surface area (Å²) in [4.78, 5) is 6.75. The molecule has 0 radical (unpaired) electrons. The Hall–Kier alpha value is -0.350. The molecule has 0 aromatic carbocycles. The van der Waals surface area contributed by atoms with Crippen LogP contribution in [0.25, 0.3) is 0 Å². The standard InChI is InChI=1S/C13H17Cl2N3/c14-10-3-4-13(15)17-12(10)8-18-6-9-2-1-5-16-11(9)7-18/h3-4,9,11,16H,1-2,5-8H2/t9-,11+/m0/s1. The first-order valence-electron chi connectivity index (χ1n) is 6.49. The molecule has 0 unspecified atom stereocenters. The summed E-state index contributed by atoms with van der Waals surface area (Å²) in [7, 11) is 0. The van der Waals surface area contributed by atoms with Gasteiger partial charge in [0.05, 0.1) is 10.7 Å². The monoisotopic (exact) mass is 285 g/mol. The molecular formula is C13H17Cl2N3. The predicted octanol–water partition coefficient (Wildman–Crippen LogP) is 2.57. The maximum absolute atomic E-state index is 6.16. The Balaban J connectivity index is 1.68. The zero-order chi connectivity index (χ0) is 12.5. The molecule has 2 atom stereocenters. The van der Waals surface area contributed by atoms with Crippen LogP contribution < -0.4 is 5.32 Å². The third-order valence-corrected chi connectivity index (χ3v) is 4.49. The van der Waals surface area contributed by atoms with Gasteiger partial charge in [-0.15, -0.1) is 0 Å². The van der Waals surface area contributed by atoms with E-state index in [1.165, 1.54) is 12.8 Å². The van der Waals surface area contributed by atoms with Crippen LogP contribution in [-0.2, 0) is 6.54 Å². The molecule has 2 aliphatic rings. The fourth-order valence-corrected chi connectivity index (χ4v) is 3.38. The highest BCUT2D eigenvalue weighted by Gasteiger charge is 2.34. The predicted molar refractivity (Wildman–Crippen MR) is 74.0 cm³/mol. The smallest absolute Gasteiger partial charge is 0.129 e. The molecule has 2 aliphatic heterocycles. The van der Waals surface area contributed by atoms with E-state index in [1.807, 2.05) is 6.07 Å². The van der Waals surface area contributed by atoms with Crippen LogP contribution in [0, 0.1) is 5.92 Å². The number of likely N-dealkylation sites (tertiary alicyclic amines) is 1. The highest BCUT2D eigenvalue weighted by molar-refractivity contribution is 6.32. The molecule has 0 amide bonds. The summed E-state index contributed by atoms with van der Waals surface area (Å²) in [6, 6.07) is 4.21. The number of piperidine rings is 1. The van der Waals surface area contributed by atoms with Gasteiger partial charge in [-0.05, 0) is 37.4 Å². The number of halogens is 2. The largest absolute Gasteiger partial charge is 0.312 e. The second kappa shape index (κ2) is 5.33. The van der Waals surface area contributed by atoms with Crippen LogP contribution in [0.3, 0.4) is 0 Å². The first-order chi connectivity index (χ1) is 8.72. The van der Waals surface area contributed by atoms with Gasteiger partial charge in [-0.2, -0.15) is 0 Å². The van der Waals surface area contributed by atoms with Gasteiger partial charge in [0.1, 0.15) is 5.15 Å². The van der Waals surface area contributed by atoms with Gasteiger partial charge in [0.15, 0.2) is 0 Å². The summed E-state index contributed by atoms with van der Waals surface area (Å²) in [5.74, 6) is 0.789. The number of aromatic nitrogens is 1. The van der Waals surface area contributed by atoms with E-state index in [0.29, 0.717) is 16.2 Å². The van der Waals surface area contributed by atoms with E-state index in [4.69, 9.17) is 23.2 Å². The van der Waals surface area contributed by atoms with E-state index in [-0.39, 0.29) is 0 Å². The quantitative estimate of drug-likeness (QED) is 0.847. The molecule has 0 saturated carbocycles. The summed E-state index contributed by atoms with van der Waals surface area (Å²) in [5.41, 5.74) is 0.891. The average molecular weight is 286 g/mol. The van der Waals surface area contributed by atoms with Crippen molar-refractivity contribution >= 4 is 23.2 Å². The number of pyridine rings is 1. The van der Waals surface area contributed by atoms with Crippen LogP contribution in [0.4, 0.5) is 0 Å². The lowest BCUT2D eigenvalue weighted by Gasteiger charge is -2.24. The summed E-state index contributed by atoms with van der Waals surface area (Å²) >= 11 is 12.1. The summed E-state index contributed by atoms with van der Waals surface area (Å²) < 4.78 is 0. The van der Waals surface area contributed by atoms with Crippen molar-refractivity contribution < 1.29 is 0 Å². The molecule has 0 bridgehead atoms. The van der Waals surface area contributed by atoms with E-state index in [9.17, 15) is 0 Å². The second-order valence-electron chi connectivity index (χ2n) is 5.22. The lowest BCUT2D eigenvalue weighted by molar-refractivity contribution is 0.309. The van der Waals surface area contributed by atoms with Gasteiger partial charge >= 0.3 is 0 Å². The zero-order valence-corrected chi connectivity index (χ0v) is 11.7. The minimum atomic E-state index is 0.518. The number of hydrogen-bond acceptors (Lipinski definition) is 3. The molecule has 1 aromatic heterocycles. The number of nitrogens with one attached hydrogen (secondary N) is 1. The Labute approximate surface area is 117 Å². The fraction of sp³-hybridized carbons (Fsp3) is 0.615. The molecule has 1 N–H and O–H groups in total. The maximum Gasteiger partial charge on any atom is 0.129 e. The minimum Gasteiger partial charge on any atom is -0.312 e. The van der Waals surface area contributed by atoms with Crippen LogP contribution in [0.15, 0.2) is 12.1 Å². The molecule has 0 spiro atoms. The zero-order valence-electron chi connectivity index (χ0n) is 10.2. The fourth-order valence-electron chi connectivity index (χ4n) is 3.05. The van der Waals surface area contributed by atoms with Crippen molar-refractivity contribution in [1.29, 1.82) is 0 Å². The van der Waals surface area contributed by atoms with Gasteiger partial charge < -0.3 is 5.32 Å². The van der Waals surface area contributed by atoms with E-state index < -0.39 is 0 Å². The molecule has 3 nitrogen and oxygen atoms in total. The number of rotatable bonds is 2. The molecule has 0 aliphatic carbocycles. The Kier molecular flexibility index (Phi) is 3.76. The first-order valence-corrected chi connectivity index (χ1v) is 7.24. The number of hydrogen-bond donors (Lipinski definition) is 1. The van der Waals surface area contributed by atoms with Crippen LogP contribution >= 0.6 is 23.2 Å². The van der Waals surface area contributed by atoms with Crippen LogP contribution in [-0.4, -0.2) is 35.6 Å². The van der Waals surface area contributed by atoms with Crippen molar-refractivity contribution in [3.05, 3.63) is 28.0 Å². The minimum absolute atomic E-state index is 0.518. The second-order valence-corrected chi connectivity index (χ2v) is 6.01. The van der Waals surface area contributed by atoms with Crippen molar-refractivity contribution in [2.24, 2.45) is 5.92 Å². The molecule has 2 saturated heterocycles. The topological polar surface area (TPSA) is 28.2 Å². The Bertz CT molecular complexity index is 424. The van der Waals surface area contributed by atoms with E-state index >= 15 is 0 Å². The van der Waals surface area contributed by atoms with Crippen molar-refractivity contribution in [3.8, 4) is 0 Å². The summed E-state index contributed by atoms with van der Waals surface area (Å²) in [6.45, 7) is 4.19. The van der Waals surface area contributed by atoms with Gasteiger partial charge in [-0.1, -0.05) is 23.2 Å². The third kappa shape index (κ3) is 2.64. The van der Waals surface area contributed by atoms with Crippen molar-refractivity contribution in [2.45, 2.75) is 25.4 Å². The van der Waals surface area contributed by atoms with E-state index in [2.05, 4.69) is 15.2 Å².